The van der Waals surface area contributed by atoms with Crippen LogP contribution in [0.3, 0.4) is 0 Å². The van der Waals surface area contributed by atoms with Crippen LogP contribution in [0.2, 0.25) is 0 Å². The van der Waals surface area contributed by atoms with Gasteiger partial charge in [-0.3, -0.25) is 4.79 Å². The van der Waals surface area contributed by atoms with E-state index >= 15 is 0 Å². The number of carbonyl (C=O) groups is 1. The molecule has 1 aliphatic heterocycles. The first kappa shape index (κ1) is 26.4. The van der Waals surface area contributed by atoms with Gasteiger partial charge in [0.25, 0.3) is 5.91 Å². The Labute approximate surface area is 238 Å². The van der Waals surface area contributed by atoms with Crippen molar-refractivity contribution >= 4 is 28.6 Å². The maximum absolute atomic E-state index is 14.6. The van der Waals surface area contributed by atoms with Crippen molar-refractivity contribution in [3.05, 3.63) is 93.2 Å². The van der Waals surface area contributed by atoms with E-state index in [0.29, 0.717) is 17.5 Å². The van der Waals surface area contributed by atoms with Gasteiger partial charge in [-0.1, -0.05) is 30.3 Å². The van der Waals surface area contributed by atoms with Crippen LogP contribution in [0.25, 0.3) is 22.0 Å². The minimum absolute atomic E-state index is 0.00859. The molecule has 0 unspecified atom stereocenters. The Kier molecular flexibility index (Phi) is 7.03. The van der Waals surface area contributed by atoms with Gasteiger partial charge < -0.3 is 15.1 Å². The Morgan fingerprint density at radius 3 is 2.70 bits per heavy atom. The van der Waals surface area contributed by atoms with Crippen molar-refractivity contribution in [2.45, 2.75) is 44.4 Å². The second-order valence-electron chi connectivity index (χ2n) is 10.3. The van der Waals surface area contributed by atoms with Crippen LogP contribution in [0.1, 0.15) is 51.9 Å². The minimum atomic E-state index is -1.12. The first-order valence-corrected chi connectivity index (χ1v) is 14.6. The molecular formula is C29H27FN6O2S2. The average Bonchev–Trinajstić information content (AvgIpc) is 3.76. The Balaban J connectivity index is 1.36. The zero-order valence-electron chi connectivity index (χ0n) is 22.0. The van der Waals surface area contributed by atoms with Crippen LogP contribution in [0.15, 0.2) is 69.9 Å². The van der Waals surface area contributed by atoms with Crippen LogP contribution >= 0.6 is 22.7 Å². The van der Waals surface area contributed by atoms with Gasteiger partial charge in [0, 0.05) is 45.8 Å². The second kappa shape index (κ2) is 10.6. The second-order valence-corrected chi connectivity index (χ2v) is 12.0. The minimum Gasteiger partial charge on any atom is -0.419 e. The fourth-order valence-corrected chi connectivity index (χ4v) is 6.51. The van der Waals surface area contributed by atoms with Crippen LogP contribution in [0.5, 0.6) is 0 Å². The van der Waals surface area contributed by atoms with Gasteiger partial charge in [0.2, 0.25) is 11.8 Å². The Hall–Kier alpha value is -3.80. The summed E-state index contributed by atoms with van der Waals surface area (Å²) in [4.78, 5) is 24.4. The van der Waals surface area contributed by atoms with E-state index in [9.17, 15) is 9.18 Å². The molecular weight excluding hydrogens is 547 g/mol. The van der Waals surface area contributed by atoms with Crippen LogP contribution in [-0.4, -0.2) is 43.7 Å². The third-order valence-electron chi connectivity index (χ3n) is 6.87. The van der Waals surface area contributed by atoms with Gasteiger partial charge in [-0.05, 0) is 44.0 Å². The lowest BCUT2D eigenvalue weighted by Gasteiger charge is -2.23. The molecule has 204 valence electrons. The van der Waals surface area contributed by atoms with E-state index in [-0.39, 0.29) is 30.7 Å². The number of thiazole rings is 2. The van der Waals surface area contributed by atoms with Crippen molar-refractivity contribution in [1.82, 2.24) is 25.1 Å². The number of alkyl halides is 1. The number of rotatable bonds is 7. The van der Waals surface area contributed by atoms with Crippen LogP contribution in [0.4, 0.5) is 4.39 Å². The topological polar surface area (TPSA) is 111 Å². The molecule has 0 bridgehead atoms. The van der Waals surface area contributed by atoms with Gasteiger partial charge in [0.1, 0.15) is 16.2 Å². The number of halogens is 1. The highest BCUT2D eigenvalue weighted by atomic mass is 32.1. The molecule has 3 aromatic heterocycles. The van der Waals surface area contributed by atoms with Crippen molar-refractivity contribution < 1.29 is 13.6 Å². The van der Waals surface area contributed by atoms with Gasteiger partial charge in [0.05, 0.1) is 18.1 Å². The number of likely N-dealkylation sites (tertiary alicyclic amines) is 1. The van der Waals surface area contributed by atoms with E-state index in [4.69, 9.17) is 10.2 Å². The van der Waals surface area contributed by atoms with Crippen LogP contribution in [-0.2, 0) is 12.0 Å². The molecule has 0 saturated carbocycles. The standard InChI is InChI=1S/C29H27FN6O2S2/c1-17-16-40-26(33-17)23-13-22(30)15-36(23)27(37)21-11-19(10-20(12-21)25-32-8-9-39-25)24-34-35-28(38-24)29(2,31)14-18-6-4-3-5-7-18/h3-12,16,22-23H,13-15,31H2,1-2H3/t22-,23+,29+/m0/s1. The van der Waals surface area contributed by atoms with Crippen molar-refractivity contribution in [2.75, 3.05) is 6.54 Å². The van der Waals surface area contributed by atoms with E-state index in [2.05, 4.69) is 20.2 Å². The van der Waals surface area contributed by atoms with Gasteiger partial charge >= 0.3 is 0 Å². The smallest absolute Gasteiger partial charge is 0.254 e. The molecule has 0 aliphatic carbocycles. The number of carbonyl (C=O) groups excluding carboxylic acids is 1. The molecule has 2 N–H and O–H groups in total. The van der Waals surface area contributed by atoms with Gasteiger partial charge in [0.15, 0.2) is 0 Å². The number of aryl methyl sites for hydroxylation is 1. The normalized spacial score (nSPS) is 18.6. The maximum Gasteiger partial charge on any atom is 0.254 e. The predicted octanol–water partition coefficient (Wildman–Crippen LogP) is 5.97. The highest BCUT2D eigenvalue weighted by Gasteiger charge is 2.38. The average molecular weight is 575 g/mol. The Bertz CT molecular complexity index is 1630. The monoisotopic (exact) mass is 574 g/mol. The summed E-state index contributed by atoms with van der Waals surface area (Å²) in [5.74, 6) is 0.243. The number of hydrogen-bond donors (Lipinski definition) is 1. The third-order valence-corrected chi connectivity index (χ3v) is 8.75. The molecule has 8 nitrogen and oxygen atoms in total. The van der Waals surface area contributed by atoms with Crippen LogP contribution in [0, 0.1) is 6.92 Å². The molecule has 4 heterocycles. The highest BCUT2D eigenvalue weighted by Crippen LogP contribution is 2.38. The summed E-state index contributed by atoms with van der Waals surface area (Å²) in [6.45, 7) is 3.75. The molecule has 0 radical (unpaired) electrons. The lowest BCUT2D eigenvalue weighted by atomic mass is 9.94. The first-order chi connectivity index (χ1) is 19.3. The van der Waals surface area contributed by atoms with Gasteiger partial charge in [-0.2, -0.15) is 0 Å². The number of hydrogen-bond acceptors (Lipinski definition) is 9. The zero-order valence-corrected chi connectivity index (χ0v) is 23.6. The lowest BCUT2D eigenvalue weighted by Crippen LogP contribution is -2.35. The van der Waals surface area contributed by atoms with Crippen LogP contribution < -0.4 is 5.73 Å². The van der Waals surface area contributed by atoms with Gasteiger partial charge in [-0.15, -0.1) is 32.9 Å². The number of aromatic nitrogens is 4. The highest BCUT2D eigenvalue weighted by molar-refractivity contribution is 7.13. The number of amides is 1. The van der Waals surface area contributed by atoms with E-state index in [1.165, 1.54) is 22.7 Å². The Morgan fingerprint density at radius 2 is 1.98 bits per heavy atom. The lowest BCUT2D eigenvalue weighted by molar-refractivity contribution is 0.0728. The predicted molar refractivity (Wildman–Crippen MR) is 153 cm³/mol. The van der Waals surface area contributed by atoms with E-state index < -0.39 is 17.8 Å². The molecule has 1 fully saturated rings. The first-order valence-electron chi connectivity index (χ1n) is 12.9. The number of nitrogens with zero attached hydrogens (tertiary/aromatic N) is 5. The summed E-state index contributed by atoms with van der Waals surface area (Å²) in [5.41, 5.74) is 9.29. The fraction of sp³-hybridized carbons (Fsp3) is 0.276. The fourth-order valence-electron chi connectivity index (χ4n) is 4.96. The van der Waals surface area contributed by atoms with E-state index in [1.54, 1.807) is 23.2 Å². The van der Waals surface area contributed by atoms with Crippen molar-refractivity contribution in [3.8, 4) is 22.0 Å². The summed E-state index contributed by atoms with van der Waals surface area (Å²) in [7, 11) is 0. The summed E-state index contributed by atoms with van der Waals surface area (Å²) in [6, 6.07) is 14.8. The molecule has 5 aromatic rings. The molecule has 6 rings (SSSR count). The molecule has 2 aromatic carbocycles. The van der Waals surface area contributed by atoms with E-state index in [0.717, 1.165) is 26.8 Å². The molecule has 1 aliphatic rings. The summed E-state index contributed by atoms with van der Waals surface area (Å²) in [6.07, 6.45) is 1.32. The van der Waals surface area contributed by atoms with Crippen molar-refractivity contribution in [2.24, 2.45) is 5.73 Å². The summed E-state index contributed by atoms with van der Waals surface area (Å²) < 4.78 is 20.7. The number of benzene rings is 2. The van der Waals surface area contributed by atoms with Gasteiger partial charge in [-0.25, -0.2) is 14.4 Å². The largest absolute Gasteiger partial charge is 0.419 e. The molecule has 40 heavy (non-hydrogen) atoms. The molecule has 11 heteroatoms. The zero-order chi connectivity index (χ0) is 27.9. The quantitative estimate of drug-likeness (QED) is 0.255. The summed E-state index contributed by atoms with van der Waals surface area (Å²) in [5, 5.41) is 13.8. The molecule has 3 atom stereocenters. The molecule has 1 amide bonds. The SMILES string of the molecule is Cc1csc([C@H]2C[C@H](F)CN2C(=O)c2cc(-c3nnc([C@](C)(N)Cc4ccccc4)o3)cc(-c3nccs3)c2)n1. The maximum atomic E-state index is 14.6. The molecule has 0 spiro atoms. The third kappa shape index (κ3) is 5.32. The van der Waals surface area contributed by atoms with Crippen molar-refractivity contribution in [3.63, 3.8) is 0 Å². The number of nitrogens with two attached hydrogens (primary N) is 1. The Morgan fingerprint density at radius 1 is 1.18 bits per heavy atom. The molecule has 1 saturated heterocycles. The van der Waals surface area contributed by atoms with E-state index in [1.807, 2.05) is 61.0 Å². The summed E-state index contributed by atoms with van der Waals surface area (Å²) >= 11 is 2.90. The van der Waals surface area contributed by atoms with Crippen molar-refractivity contribution in [1.29, 1.82) is 0 Å².